The molecule has 0 aliphatic rings. The summed E-state index contributed by atoms with van der Waals surface area (Å²) >= 11 is 0. The number of pyridine rings is 1. The molecule has 0 aliphatic carbocycles. The highest BCUT2D eigenvalue weighted by molar-refractivity contribution is 6.09. The molecule has 12 rings (SSSR count). The van der Waals surface area contributed by atoms with Gasteiger partial charge >= 0.3 is 0 Å². The van der Waals surface area contributed by atoms with Crippen LogP contribution < -0.4 is 9.30 Å². The second-order valence-corrected chi connectivity index (χ2v) is 25.5. The van der Waals surface area contributed by atoms with E-state index in [4.69, 9.17) is 24.8 Å². The quantitative estimate of drug-likeness (QED) is 0.107. The van der Waals surface area contributed by atoms with E-state index < -0.39 is 60.6 Å². The topological polar surface area (TPSA) is 35.9 Å². The van der Waals surface area contributed by atoms with Gasteiger partial charge < -0.3 is 4.74 Å². The zero-order chi connectivity index (χ0) is 68.7. The van der Waals surface area contributed by atoms with Gasteiger partial charge in [-0.1, -0.05) is 228 Å². The van der Waals surface area contributed by atoms with Gasteiger partial charge in [0, 0.05) is 32.7 Å². The Morgan fingerprint density at radius 3 is 1.82 bits per heavy atom. The van der Waals surface area contributed by atoms with Crippen LogP contribution in [0.15, 0.2) is 212 Å². The van der Waals surface area contributed by atoms with Gasteiger partial charge in [0.15, 0.2) is 0 Å². The molecule has 0 saturated carbocycles. The first kappa shape index (κ1) is 40.4. The number of fused-ring (bicyclic) bond motifs is 4. The number of para-hydroxylation sites is 1. The normalized spacial score (nSPS) is 14.9. The van der Waals surface area contributed by atoms with Crippen molar-refractivity contribution in [1.29, 1.82) is 0 Å². The van der Waals surface area contributed by atoms with E-state index >= 15 is 0 Å². The number of imidazole rings is 1. The molecule has 408 valence electrons. The number of rotatable bonds is 9. The molecule has 0 unspecified atom stereocenters. The molecule has 0 N–H and O–H groups in total. The number of hydrogen-bond acceptors (Lipinski definition) is 2. The van der Waals surface area contributed by atoms with Gasteiger partial charge in [0.2, 0.25) is 0 Å². The largest absolute Gasteiger partial charge is 0.458 e. The molecule has 0 aliphatic heterocycles. The summed E-state index contributed by atoms with van der Waals surface area (Å²) in [6.07, 6.45) is 5.14. The van der Waals surface area contributed by atoms with E-state index in [0.717, 1.165) is 60.9 Å². The van der Waals surface area contributed by atoms with Crippen molar-refractivity contribution in [2.45, 2.75) is 112 Å². The van der Waals surface area contributed by atoms with Gasteiger partial charge in [-0.25, -0.2) is 4.98 Å². The van der Waals surface area contributed by atoms with Gasteiger partial charge in [0.25, 0.3) is 6.33 Å². The third-order valence-electron chi connectivity index (χ3n) is 15.5. The van der Waals surface area contributed by atoms with Crippen molar-refractivity contribution in [3.05, 3.63) is 246 Å². The minimum Gasteiger partial charge on any atom is -0.458 e. The van der Waals surface area contributed by atoms with Crippen molar-refractivity contribution in [3.63, 3.8) is 0 Å². The molecule has 0 fully saturated rings. The SMILES string of the molecule is [2H]c1c([2H])c([2H])c(-c2cc(-c3cccc(C(C)(C)C)c3)c(-[n+]3[c-]n(-c4cccc(Oc5ccc6c7ccccc7n(-c7cc(C([2H])([2H])[2H])c(-c8c([2H])c([2H])c([2H])c([2H])c8[2H])cn7)c6c5)c4)c4cc(-c5cc(C(C)(C)C)cc(C(C)(C)C)c5)ccc43)c(C(C)(C)C)c2)c([2H])c1[2H]. The van der Waals surface area contributed by atoms with Crippen LogP contribution in [0.4, 0.5) is 0 Å². The molecule has 0 saturated heterocycles. The highest BCUT2D eigenvalue weighted by Crippen LogP contribution is 2.42. The Hall–Kier alpha value is -8.80. The fraction of sp³-hybridized carbons (Fsp3) is 0.221. The van der Waals surface area contributed by atoms with Crippen LogP contribution in [0.3, 0.4) is 0 Å². The molecule has 0 amide bonds. The minimum absolute atomic E-state index is 0.0970. The standard InChI is InChI=1S/C77H74N4O/c1-50-38-72(78-48-66(50)52-26-18-15-19-27-52)81-68-33-21-20-32-63(68)64-36-35-62(47-70(64)81)82-61-31-23-30-60(46-61)79-49-80(69-37-34-53(44-71(69)79)55-40-58(75(5,6)7)45-59(41-55)76(8,9)10)73-65(54-28-22-29-57(39-54)74(2,3)4)42-56(43-67(73)77(11,12)13)51-24-16-14-17-25-51/h14-48H,1-13H3/i1D3,14D,15D,16D,17D,18D,19D,24D,25D,26D,27D. The lowest BCUT2D eigenvalue weighted by Gasteiger charge is -2.28. The summed E-state index contributed by atoms with van der Waals surface area (Å²) in [4.78, 5) is 4.78. The first-order chi connectivity index (χ1) is 44.4. The predicted molar refractivity (Wildman–Crippen MR) is 344 cm³/mol. The summed E-state index contributed by atoms with van der Waals surface area (Å²) in [5, 5.41) is 1.68. The van der Waals surface area contributed by atoms with Crippen molar-refractivity contribution in [3.8, 4) is 73.2 Å². The van der Waals surface area contributed by atoms with Crippen LogP contribution in [0.2, 0.25) is 0 Å². The van der Waals surface area contributed by atoms with Crippen molar-refractivity contribution in [1.82, 2.24) is 14.1 Å². The van der Waals surface area contributed by atoms with Crippen LogP contribution in [0, 0.1) is 13.2 Å². The average molecular weight is 1080 g/mol. The maximum atomic E-state index is 9.23. The maximum absolute atomic E-state index is 9.23. The lowest BCUT2D eigenvalue weighted by molar-refractivity contribution is -0.572. The maximum Gasteiger partial charge on any atom is 0.269 e. The third-order valence-corrected chi connectivity index (χ3v) is 15.5. The number of ether oxygens (including phenoxy) is 1. The highest BCUT2D eigenvalue weighted by Gasteiger charge is 2.28. The molecule has 5 nitrogen and oxygen atoms in total. The van der Waals surface area contributed by atoms with Crippen molar-refractivity contribution in [2.75, 3.05) is 0 Å². The Labute approximate surface area is 503 Å². The van der Waals surface area contributed by atoms with Gasteiger partial charge in [-0.3, -0.25) is 13.7 Å². The fourth-order valence-electron chi connectivity index (χ4n) is 10.9. The lowest BCUT2D eigenvalue weighted by Crippen LogP contribution is -2.35. The smallest absolute Gasteiger partial charge is 0.269 e. The van der Waals surface area contributed by atoms with E-state index in [2.05, 4.69) is 149 Å². The number of nitrogens with zero attached hydrogens (tertiary/aromatic N) is 4. The summed E-state index contributed by atoms with van der Waals surface area (Å²) in [7, 11) is 0. The zero-order valence-electron chi connectivity index (χ0n) is 61.6. The van der Waals surface area contributed by atoms with Crippen LogP contribution in [0.5, 0.6) is 11.5 Å². The number of hydrogen-bond donors (Lipinski definition) is 0. The van der Waals surface area contributed by atoms with Crippen LogP contribution in [0.25, 0.3) is 94.5 Å². The van der Waals surface area contributed by atoms with Crippen molar-refractivity contribution >= 4 is 32.8 Å². The number of aromatic nitrogens is 4. The lowest BCUT2D eigenvalue weighted by atomic mass is 9.79. The van der Waals surface area contributed by atoms with E-state index in [-0.39, 0.29) is 56.4 Å². The summed E-state index contributed by atoms with van der Waals surface area (Å²) in [5.74, 6) is 1.16. The molecular formula is C77H74N4O. The van der Waals surface area contributed by atoms with Crippen LogP contribution in [-0.4, -0.2) is 14.1 Å². The number of benzene rings is 9. The summed E-state index contributed by atoms with van der Waals surface area (Å²) in [6.45, 7) is 23.4. The van der Waals surface area contributed by atoms with Gasteiger partial charge in [0.05, 0.1) is 47.1 Å². The number of aryl methyl sites for hydroxylation is 1. The molecule has 0 bridgehead atoms. The third kappa shape index (κ3) is 10.2. The van der Waals surface area contributed by atoms with E-state index in [1.807, 2.05) is 94.1 Å². The first-order valence-electron chi connectivity index (χ1n) is 34.4. The molecule has 9 aromatic carbocycles. The molecule has 0 spiro atoms. The van der Waals surface area contributed by atoms with Crippen molar-refractivity contribution in [2.24, 2.45) is 0 Å². The molecular weight excluding hydrogens is 997 g/mol. The second-order valence-electron chi connectivity index (χ2n) is 25.5. The van der Waals surface area contributed by atoms with E-state index in [1.54, 1.807) is 0 Å². The zero-order valence-corrected chi connectivity index (χ0v) is 48.6. The molecule has 12 aromatic rings. The molecule has 3 heterocycles. The Kier molecular flexibility index (Phi) is 10.0. The van der Waals surface area contributed by atoms with Crippen LogP contribution in [0.1, 0.15) is 129 Å². The average Bonchev–Trinajstić information content (AvgIpc) is 1.70. The summed E-state index contributed by atoms with van der Waals surface area (Å²) < 4.78 is 126. The van der Waals surface area contributed by atoms with Gasteiger partial charge in [-0.2, -0.15) is 0 Å². The fourth-order valence-corrected chi connectivity index (χ4v) is 10.9. The van der Waals surface area contributed by atoms with Crippen molar-refractivity contribution < 1.29 is 27.1 Å². The highest BCUT2D eigenvalue weighted by atomic mass is 16.5. The van der Waals surface area contributed by atoms with E-state index in [1.165, 1.54) is 23.4 Å². The molecule has 82 heavy (non-hydrogen) atoms. The molecule has 0 radical (unpaired) electrons. The van der Waals surface area contributed by atoms with Gasteiger partial charge in [-0.05, 0) is 150 Å². The Balaban J connectivity index is 1.07. The Morgan fingerprint density at radius 1 is 0.476 bits per heavy atom. The van der Waals surface area contributed by atoms with Crippen LogP contribution in [-0.2, 0) is 21.7 Å². The first-order valence-corrected chi connectivity index (χ1v) is 27.9. The van der Waals surface area contributed by atoms with Crippen LogP contribution >= 0.6 is 0 Å². The monoisotopic (exact) mass is 1080 g/mol. The molecule has 3 aromatic heterocycles. The Morgan fingerprint density at radius 2 is 1.12 bits per heavy atom. The van der Waals surface area contributed by atoms with Gasteiger partial charge in [-0.15, -0.1) is 0 Å². The van der Waals surface area contributed by atoms with E-state index in [0.29, 0.717) is 33.8 Å². The minimum atomic E-state index is -2.79. The Bertz CT molecular complexity index is 5060. The predicted octanol–water partition coefficient (Wildman–Crippen LogP) is 20.2. The summed E-state index contributed by atoms with van der Waals surface area (Å²) in [5.41, 5.74) is 11.3. The van der Waals surface area contributed by atoms with Gasteiger partial charge in [0.1, 0.15) is 17.3 Å². The molecule has 5 heteroatoms. The van der Waals surface area contributed by atoms with E-state index in [9.17, 15) is 2.74 Å². The molecule has 0 atom stereocenters. The summed E-state index contributed by atoms with van der Waals surface area (Å²) in [6, 6.07) is 43.5. The second kappa shape index (κ2) is 20.3.